The Bertz CT molecular complexity index is 988. The minimum atomic E-state index is -0.632. The molecule has 1 atom stereocenters. The molecular weight excluding hydrogens is 338 g/mol. The maximum Gasteiger partial charge on any atom is 0.251 e. The molecule has 1 aliphatic rings. The van der Waals surface area contributed by atoms with Crippen molar-refractivity contribution in [1.29, 1.82) is 0 Å². The number of para-hydroxylation sites is 1. The average molecular weight is 361 g/mol. The van der Waals surface area contributed by atoms with Crippen LogP contribution in [0.4, 0.5) is 5.69 Å². The Kier molecular flexibility index (Phi) is 4.44. The number of H-pyrrole nitrogens is 1. The molecule has 2 aromatic carbocycles. The fraction of sp³-hybridized carbons (Fsp3) is 0.273. The molecule has 4 rings (SSSR count). The maximum absolute atomic E-state index is 13.1. The molecule has 3 aromatic rings. The number of amides is 2. The molecule has 0 aliphatic carbocycles. The second-order valence-electron chi connectivity index (χ2n) is 7.30. The van der Waals surface area contributed by atoms with Gasteiger partial charge < -0.3 is 15.2 Å². The molecule has 27 heavy (non-hydrogen) atoms. The zero-order valence-electron chi connectivity index (χ0n) is 15.5. The minimum absolute atomic E-state index is 0.00980. The minimum Gasteiger partial charge on any atom is -0.361 e. The van der Waals surface area contributed by atoms with Crippen molar-refractivity contribution in [2.75, 3.05) is 11.9 Å². The highest BCUT2D eigenvalue weighted by atomic mass is 16.2. The summed E-state index contributed by atoms with van der Waals surface area (Å²) >= 11 is 0. The van der Waals surface area contributed by atoms with E-state index in [1.54, 1.807) is 4.90 Å². The van der Waals surface area contributed by atoms with Crippen molar-refractivity contribution in [3.05, 3.63) is 65.9 Å². The van der Waals surface area contributed by atoms with E-state index in [0.717, 1.165) is 22.2 Å². The van der Waals surface area contributed by atoms with E-state index in [4.69, 9.17) is 0 Å². The largest absolute Gasteiger partial charge is 0.361 e. The summed E-state index contributed by atoms with van der Waals surface area (Å²) in [5.41, 5.74) is 3.75. The van der Waals surface area contributed by atoms with Crippen molar-refractivity contribution in [1.82, 2.24) is 9.88 Å². The van der Waals surface area contributed by atoms with Gasteiger partial charge in [-0.15, -0.1) is 0 Å². The van der Waals surface area contributed by atoms with Crippen LogP contribution in [0.3, 0.4) is 0 Å². The van der Waals surface area contributed by atoms with E-state index in [2.05, 4.69) is 24.1 Å². The molecule has 5 nitrogen and oxygen atoms in total. The lowest BCUT2D eigenvalue weighted by Crippen LogP contribution is -2.49. The third-order valence-electron chi connectivity index (χ3n) is 5.21. The number of anilines is 1. The van der Waals surface area contributed by atoms with Gasteiger partial charge in [-0.2, -0.15) is 0 Å². The predicted molar refractivity (Wildman–Crippen MR) is 107 cm³/mol. The van der Waals surface area contributed by atoms with Crippen molar-refractivity contribution in [3.63, 3.8) is 0 Å². The van der Waals surface area contributed by atoms with E-state index in [-0.39, 0.29) is 11.8 Å². The van der Waals surface area contributed by atoms with E-state index in [1.165, 1.54) is 5.56 Å². The summed E-state index contributed by atoms with van der Waals surface area (Å²) in [5, 5.41) is 3.95. The van der Waals surface area contributed by atoms with Gasteiger partial charge in [0.2, 0.25) is 5.91 Å². The average Bonchev–Trinajstić information content (AvgIpc) is 3.08. The van der Waals surface area contributed by atoms with Gasteiger partial charge in [0.1, 0.15) is 6.04 Å². The van der Waals surface area contributed by atoms with Crippen LogP contribution in [0.25, 0.3) is 10.9 Å². The molecule has 1 aromatic heterocycles. The first-order valence-corrected chi connectivity index (χ1v) is 9.31. The first-order chi connectivity index (χ1) is 13.0. The molecule has 0 bridgehead atoms. The lowest BCUT2D eigenvalue weighted by molar-refractivity contribution is -0.147. The Morgan fingerprint density at radius 1 is 1.11 bits per heavy atom. The summed E-state index contributed by atoms with van der Waals surface area (Å²) in [6.45, 7) is 4.87. The normalized spacial score (nSPS) is 15.1. The first-order valence-electron chi connectivity index (χ1n) is 9.31. The van der Waals surface area contributed by atoms with Crippen LogP contribution in [0, 0.1) is 0 Å². The number of nitrogens with one attached hydrogen (secondary N) is 2. The zero-order chi connectivity index (χ0) is 19.0. The second kappa shape index (κ2) is 6.91. The Morgan fingerprint density at radius 3 is 2.48 bits per heavy atom. The summed E-state index contributed by atoms with van der Waals surface area (Å²) in [5.74, 6) is 0.258. The van der Waals surface area contributed by atoms with Gasteiger partial charge >= 0.3 is 0 Å². The standard InChI is InChI=1S/C22H23N3O2/c1-14(2)15-7-9-16(10-8-15)24-22(27)21(25-12-11-20(25)26)18-13-23-19-6-4-3-5-17(18)19/h3-10,13-14,21,23H,11-12H2,1-2H3,(H,24,27). The number of likely N-dealkylation sites (tertiary alicyclic amines) is 1. The molecule has 0 spiro atoms. The monoisotopic (exact) mass is 361 g/mol. The van der Waals surface area contributed by atoms with Crippen molar-refractivity contribution in [2.45, 2.75) is 32.2 Å². The number of carbonyl (C=O) groups excluding carboxylic acids is 2. The summed E-state index contributed by atoms with van der Waals surface area (Å²) in [4.78, 5) is 30.1. The third-order valence-corrected chi connectivity index (χ3v) is 5.21. The van der Waals surface area contributed by atoms with Gasteiger partial charge in [-0.05, 0) is 29.7 Å². The first kappa shape index (κ1) is 17.3. The van der Waals surface area contributed by atoms with E-state index in [0.29, 0.717) is 18.9 Å². The molecule has 2 heterocycles. The van der Waals surface area contributed by atoms with Gasteiger partial charge in [-0.1, -0.05) is 44.2 Å². The fourth-order valence-electron chi connectivity index (χ4n) is 3.54. The molecule has 1 aliphatic heterocycles. The second-order valence-corrected chi connectivity index (χ2v) is 7.30. The van der Waals surface area contributed by atoms with Crippen LogP contribution in [-0.2, 0) is 9.59 Å². The van der Waals surface area contributed by atoms with Gasteiger partial charge in [0, 0.05) is 41.3 Å². The van der Waals surface area contributed by atoms with Crippen LogP contribution in [0.1, 0.15) is 43.4 Å². The van der Waals surface area contributed by atoms with Crippen molar-refractivity contribution < 1.29 is 9.59 Å². The highest BCUT2D eigenvalue weighted by molar-refractivity contribution is 6.01. The highest BCUT2D eigenvalue weighted by Gasteiger charge is 2.37. The van der Waals surface area contributed by atoms with E-state index < -0.39 is 6.04 Å². The van der Waals surface area contributed by atoms with Crippen molar-refractivity contribution in [2.24, 2.45) is 0 Å². The number of carbonyl (C=O) groups is 2. The van der Waals surface area contributed by atoms with Crippen LogP contribution in [0.2, 0.25) is 0 Å². The van der Waals surface area contributed by atoms with E-state index in [1.807, 2.05) is 54.7 Å². The molecular formula is C22H23N3O2. The Labute approximate surface area is 158 Å². The van der Waals surface area contributed by atoms with Crippen LogP contribution in [0.5, 0.6) is 0 Å². The van der Waals surface area contributed by atoms with Gasteiger partial charge in [0.25, 0.3) is 5.91 Å². The molecule has 1 saturated heterocycles. The van der Waals surface area contributed by atoms with Crippen LogP contribution in [0.15, 0.2) is 54.7 Å². The third kappa shape index (κ3) is 3.21. The van der Waals surface area contributed by atoms with Crippen molar-refractivity contribution in [3.8, 4) is 0 Å². The van der Waals surface area contributed by atoms with Gasteiger partial charge in [-0.25, -0.2) is 0 Å². The predicted octanol–water partition coefficient (Wildman–Crippen LogP) is 4.20. The van der Waals surface area contributed by atoms with Crippen molar-refractivity contribution >= 4 is 28.4 Å². The number of fused-ring (bicyclic) bond motifs is 1. The number of aromatic amines is 1. The fourth-order valence-corrected chi connectivity index (χ4v) is 3.54. The SMILES string of the molecule is CC(C)c1ccc(NC(=O)C(c2c[nH]c3ccccc23)N2CCC2=O)cc1. The molecule has 2 N–H and O–H groups in total. The van der Waals surface area contributed by atoms with Crippen LogP contribution >= 0.6 is 0 Å². The van der Waals surface area contributed by atoms with E-state index >= 15 is 0 Å². The summed E-state index contributed by atoms with van der Waals surface area (Å²) in [7, 11) is 0. The number of hydrogen-bond acceptors (Lipinski definition) is 2. The number of aromatic nitrogens is 1. The molecule has 138 valence electrons. The number of nitrogens with zero attached hydrogens (tertiary/aromatic N) is 1. The number of rotatable bonds is 5. The van der Waals surface area contributed by atoms with Gasteiger partial charge in [0.05, 0.1) is 0 Å². The van der Waals surface area contributed by atoms with Crippen LogP contribution < -0.4 is 5.32 Å². The summed E-state index contributed by atoms with van der Waals surface area (Å²) in [6.07, 6.45) is 2.33. The summed E-state index contributed by atoms with van der Waals surface area (Å²) in [6, 6.07) is 15.1. The number of β-lactam (4-membered cyclic amide) rings is 1. The van der Waals surface area contributed by atoms with E-state index in [9.17, 15) is 9.59 Å². The lowest BCUT2D eigenvalue weighted by atomic mass is 9.99. The molecule has 1 fully saturated rings. The maximum atomic E-state index is 13.1. The topological polar surface area (TPSA) is 65.2 Å². The summed E-state index contributed by atoms with van der Waals surface area (Å²) < 4.78 is 0. The van der Waals surface area contributed by atoms with Gasteiger partial charge in [0.15, 0.2) is 0 Å². The molecule has 5 heteroatoms. The zero-order valence-corrected chi connectivity index (χ0v) is 15.5. The quantitative estimate of drug-likeness (QED) is 0.669. The number of benzene rings is 2. The number of hydrogen-bond donors (Lipinski definition) is 2. The molecule has 0 saturated carbocycles. The highest BCUT2D eigenvalue weighted by Crippen LogP contribution is 2.33. The Hall–Kier alpha value is -3.08. The Morgan fingerprint density at radius 2 is 1.85 bits per heavy atom. The molecule has 1 unspecified atom stereocenters. The molecule has 2 amide bonds. The lowest BCUT2D eigenvalue weighted by Gasteiger charge is -2.37. The molecule has 0 radical (unpaired) electrons. The van der Waals surface area contributed by atoms with Gasteiger partial charge in [-0.3, -0.25) is 9.59 Å². The van der Waals surface area contributed by atoms with Crippen LogP contribution in [-0.4, -0.2) is 28.2 Å². The Balaban J connectivity index is 1.64. The smallest absolute Gasteiger partial charge is 0.251 e.